The van der Waals surface area contributed by atoms with E-state index in [0.717, 1.165) is 0 Å². The van der Waals surface area contributed by atoms with Crippen LogP contribution in [-0.4, -0.2) is 20.7 Å². The van der Waals surface area contributed by atoms with Crippen molar-refractivity contribution in [3.05, 3.63) is 29.8 Å². The third-order valence-electron chi connectivity index (χ3n) is 3.57. The summed E-state index contributed by atoms with van der Waals surface area (Å²) in [5.41, 5.74) is 0.415. The van der Waals surface area contributed by atoms with Crippen LogP contribution >= 0.6 is 0 Å². The minimum atomic E-state index is -3.52. The number of rotatable bonds is 6. The molecule has 1 aromatic carbocycles. The second-order valence-corrected chi connectivity index (χ2v) is 7.02. The molecule has 0 saturated heterocycles. The standard InChI is InChI=1S/C14H19NO3S/c1-10(12-6-7-12)9-15-19(17,18)14-5-3-4-13(8-14)11(2)16/h3-5,8,10,12,15H,6-7,9H2,1-2H3. The van der Waals surface area contributed by atoms with Gasteiger partial charge in [0.1, 0.15) is 0 Å². The van der Waals surface area contributed by atoms with Crippen LogP contribution in [0.15, 0.2) is 29.2 Å². The summed E-state index contributed by atoms with van der Waals surface area (Å²) in [7, 11) is -3.52. The maximum atomic E-state index is 12.1. The SMILES string of the molecule is CC(=O)c1cccc(S(=O)(=O)NCC(C)C2CC2)c1. The van der Waals surface area contributed by atoms with Crippen LogP contribution in [0.2, 0.25) is 0 Å². The smallest absolute Gasteiger partial charge is 0.240 e. The fourth-order valence-corrected chi connectivity index (χ4v) is 3.23. The Labute approximate surface area is 114 Å². The van der Waals surface area contributed by atoms with Gasteiger partial charge in [-0.1, -0.05) is 19.1 Å². The molecule has 0 aliphatic heterocycles. The first kappa shape index (κ1) is 14.2. The van der Waals surface area contributed by atoms with Gasteiger partial charge in [-0.3, -0.25) is 4.79 Å². The first-order chi connectivity index (χ1) is 8.90. The number of ketones is 1. The summed E-state index contributed by atoms with van der Waals surface area (Å²) in [5, 5.41) is 0. The second kappa shape index (κ2) is 5.43. The lowest BCUT2D eigenvalue weighted by Crippen LogP contribution is -2.29. The maximum Gasteiger partial charge on any atom is 0.240 e. The van der Waals surface area contributed by atoms with Gasteiger partial charge in [0.05, 0.1) is 4.90 Å². The Hall–Kier alpha value is -1.20. The molecular formula is C14H19NO3S. The Bertz CT molecular complexity index is 576. The molecule has 0 bridgehead atoms. The molecule has 1 atom stereocenters. The van der Waals surface area contributed by atoms with E-state index in [9.17, 15) is 13.2 Å². The van der Waals surface area contributed by atoms with Crippen LogP contribution in [0.4, 0.5) is 0 Å². The first-order valence-electron chi connectivity index (χ1n) is 6.51. The number of carbonyl (C=O) groups is 1. The molecule has 19 heavy (non-hydrogen) atoms. The predicted octanol–water partition coefficient (Wildman–Crippen LogP) is 2.21. The van der Waals surface area contributed by atoms with Gasteiger partial charge in [0.25, 0.3) is 0 Å². The summed E-state index contributed by atoms with van der Waals surface area (Å²) in [5.74, 6) is 0.889. The van der Waals surface area contributed by atoms with Gasteiger partial charge < -0.3 is 0 Å². The molecule has 1 aromatic rings. The van der Waals surface area contributed by atoms with Crippen molar-refractivity contribution in [3.8, 4) is 0 Å². The number of sulfonamides is 1. The number of hydrogen-bond acceptors (Lipinski definition) is 3. The highest BCUT2D eigenvalue weighted by Gasteiger charge is 2.28. The van der Waals surface area contributed by atoms with Crippen LogP contribution in [0.1, 0.15) is 37.0 Å². The van der Waals surface area contributed by atoms with Gasteiger partial charge in [-0.2, -0.15) is 0 Å². The van der Waals surface area contributed by atoms with Gasteiger partial charge in [0.2, 0.25) is 10.0 Å². The van der Waals surface area contributed by atoms with Crippen molar-refractivity contribution in [3.63, 3.8) is 0 Å². The van der Waals surface area contributed by atoms with Crippen molar-refractivity contribution in [2.45, 2.75) is 31.6 Å². The molecule has 0 aromatic heterocycles. The highest BCUT2D eigenvalue weighted by molar-refractivity contribution is 7.89. The zero-order valence-electron chi connectivity index (χ0n) is 11.2. The van der Waals surface area contributed by atoms with E-state index >= 15 is 0 Å². The number of benzene rings is 1. The minimum absolute atomic E-state index is 0.136. The van der Waals surface area contributed by atoms with Gasteiger partial charge in [-0.15, -0.1) is 0 Å². The third kappa shape index (κ3) is 3.64. The first-order valence-corrected chi connectivity index (χ1v) is 7.99. The Morgan fingerprint density at radius 2 is 2.11 bits per heavy atom. The lowest BCUT2D eigenvalue weighted by Gasteiger charge is -2.12. The van der Waals surface area contributed by atoms with E-state index in [2.05, 4.69) is 11.6 Å². The van der Waals surface area contributed by atoms with Crippen molar-refractivity contribution in [2.75, 3.05) is 6.54 Å². The lowest BCUT2D eigenvalue weighted by atomic mass is 10.1. The van der Waals surface area contributed by atoms with E-state index in [4.69, 9.17) is 0 Å². The molecule has 104 valence electrons. The molecule has 0 radical (unpaired) electrons. The van der Waals surface area contributed by atoms with Gasteiger partial charge in [-0.05, 0) is 43.7 Å². The summed E-state index contributed by atoms with van der Waals surface area (Å²) in [4.78, 5) is 11.4. The van der Waals surface area contributed by atoms with Gasteiger partial charge >= 0.3 is 0 Å². The molecule has 0 amide bonds. The van der Waals surface area contributed by atoms with Gasteiger partial charge in [0, 0.05) is 12.1 Å². The average molecular weight is 281 g/mol. The molecule has 1 fully saturated rings. The quantitative estimate of drug-likeness (QED) is 0.813. The molecule has 5 heteroatoms. The molecule has 2 rings (SSSR count). The summed E-state index contributed by atoms with van der Waals surface area (Å²) >= 11 is 0. The largest absolute Gasteiger partial charge is 0.295 e. The highest BCUT2D eigenvalue weighted by atomic mass is 32.2. The topological polar surface area (TPSA) is 63.2 Å². The van der Waals surface area contributed by atoms with Crippen molar-refractivity contribution in [2.24, 2.45) is 11.8 Å². The molecular weight excluding hydrogens is 262 g/mol. The Morgan fingerprint density at radius 3 is 2.68 bits per heavy atom. The Balaban J connectivity index is 2.09. The van der Waals surface area contributed by atoms with Gasteiger partial charge in [-0.25, -0.2) is 13.1 Å². The van der Waals surface area contributed by atoms with Crippen LogP contribution in [0.3, 0.4) is 0 Å². The van der Waals surface area contributed by atoms with E-state index in [0.29, 0.717) is 23.9 Å². The zero-order chi connectivity index (χ0) is 14.0. The normalized spacial score (nSPS) is 17.2. The van der Waals surface area contributed by atoms with E-state index in [1.165, 1.54) is 31.9 Å². The highest BCUT2D eigenvalue weighted by Crippen LogP contribution is 2.36. The van der Waals surface area contributed by atoms with E-state index in [-0.39, 0.29) is 10.7 Å². The Kier molecular flexibility index (Phi) is 4.06. The van der Waals surface area contributed by atoms with Crippen LogP contribution < -0.4 is 4.72 Å². The fraction of sp³-hybridized carbons (Fsp3) is 0.500. The second-order valence-electron chi connectivity index (χ2n) is 5.25. The van der Waals surface area contributed by atoms with Crippen LogP contribution in [-0.2, 0) is 10.0 Å². The molecule has 1 saturated carbocycles. The third-order valence-corrected chi connectivity index (χ3v) is 4.99. The average Bonchev–Trinajstić information content (AvgIpc) is 3.20. The van der Waals surface area contributed by atoms with Crippen molar-refractivity contribution in [1.29, 1.82) is 0 Å². The molecule has 0 spiro atoms. The van der Waals surface area contributed by atoms with E-state index < -0.39 is 10.0 Å². The molecule has 4 nitrogen and oxygen atoms in total. The van der Waals surface area contributed by atoms with Crippen LogP contribution in [0.25, 0.3) is 0 Å². The number of Topliss-reactive ketones (excluding diaryl/α,β-unsaturated/α-hetero) is 1. The van der Waals surface area contributed by atoms with Crippen molar-refractivity contribution >= 4 is 15.8 Å². The molecule has 1 aliphatic carbocycles. The maximum absolute atomic E-state index is 12.1. The number of hydrogen-bond donors (Lipinski definition) is 1. The van der Waals surface area contributed by atoms with Crippen molar-refractivity contribution in [1.82, 2.24) is 4.72 Å². The number of nitrogens with one attached hydrogen (secondary N) is 1. The van der Waals surface area contributed by atoms with E-state index in [1.807, 2.05) is 0 Å². The minimum Gasteiger partial charge on any atom is -0.295 e. The zero-order valence-corrected chi connectivity index (χ0v) is 12.0. The van der Waals surface area contributed by atoms with Crippen LogP contribution in [0.5, 0.6) is 0 Å². The summed E-state index contributed by atoms with van der Waals surface area (Å²) in [6.45, 7) is 3.94. The van der Waals surface area contributed by atoms with Crippen LogP contribution in [0, 0.1) is 11.8 Å². The molecule has 1 unspecified atom stereocenters. The molecule has 1 aliphatic rings. The Morgan fingerprint density at radius 1 is 1.42 bits per heavy atom. The summed E-state index contributed by atoms with van der Waals surface area (Å²) in [6, 6.07) is 6.15. The fourth-order valence-electron chi connectivity index (χ4n) is 2.04. The monoisotopic (exact) mass is 281 g/mol. The summed E-state index contributed by atoms with van der Waals surface area (Å²) in [6.07, 6.45) is 2.39. The lowest BCUT2D eigenvalue weighted by molar-refractivity contribution is 0.101. The predicted molar refractivity (Wildman–Crippen MR) is 73.5 cm³/mol. The van der Waals surface area contributed by atoms with Crippen molar-refractivity contribution < 1.29 is 13.2 Å². The molecule has 1 N–H and O–H groups in total. The van der Waals surface area contributed by atoms with Gasteiger partial charge in [0.15, 0.2) is 5.78 Å². The number of carbonyl (C=O) groups excluding carboxylic acids is 1. The summed E-state index contributed by atoms with van der Waals surface area (Å²) < 4.78 is 26.9. The van der Waals surface area contributed by atoms with E-state index in [1.54, 1.807) is 12.1 Å². The molecule has 0 heterocycles.